The lowest BCUT2D eigenvalue weighted by molar-refractivity contribution is -0.147. The van der Waals surface area contributed by atoms with Gasteiger partial charge in [-0.3, -0.25) is 9.59 Å². The zero-order chi connectivity index (χ0) is 9.42. The number of carbonyl (C=O) groups excluding carboxylic acids is 2. The zero-order valence-electron chi connectivity index (χ0n) is 7.75. The van der Waals surface area contributed by atoms with Crippen LogP contribution in [0.3, 0.4) is 0 Å². The molecule has 2 aliphatic heterocycles. The number of nitrogens with zero attached hydrogens (tertiary/aromatic N) is 1. The maximum atomic E-state index is 11.5. The van der Waals surface area contributed by atoms with Crippen molar-refractivity contribution in [2.24, 2.45) is 0 Å². The average Bonchev–Trinajstić information content (AvgIpc) is 2.07. The Morgan fingerprint density at radius 1 is 1.46 bits per heavy atom. The predicted octanol–water partition coefficient (Wildman–Crippen LogP) is -0.114. The van der Waals surface area contributed by atoms with Gasteiger partial charge in [0.2, 0.25) is 11.8 Å². The summed E-state index contributed by atoms with van der Waals surface area (Å²) in [4.78, 5) is 24.7. The molecular weight excluding hydrogens is 168 g/mol. The minimum Gasteiger partial charge on any atom is -0.350 e. The van der Waals surface area contributed by atoms with E-state index in [1.807, 2.05) is 6.92 Å². The lowest BCUT2D eigenvalue weighted by atomic mass is 9.97. The second kappa shape index (κ2) is 3.01. The van der Waals surface area contributed by atoms with Gasteiger partial charge in [0.15, 0.2) is 0 Å². The number of fused-ring (bicyclic) bond motifs is 1. The van der Waals surface area contributed by atoms with Crippen LogP contribution < -0.4 is 5.32 Å². The summed E-state index contributed by atoms with van der Waals surface area (Å²) in [6.45, 7) is 2.60. The highest BCUT2D eigenvalue weighted by molar-refractivity contribution is 5.90. The molecule has 0 aromatic rings. The third-order valence-electron chi connectivity index (χ3n) is 2.73. The van der Waals surface area contributed by atoms with Crippen LogP contribution in [-0.4, -0.2) is 35.3 Å². The first-order chi connectivity index (χ1) is 6.18. The average molecular weight is 182 g/mol. The number of rotatable bonds is 0. The van der Waals surface area contributed by atoms with Crippen molar-refractivity contribution in [2.75, 3.05) is 6.54 Å². The van der Waals surface area contributed by atoms with Gasteiger partial charge in [-0.15, -0.1) is 0 Å². The molecule has 13 heavy (non-hydrogen) atoms. The first-order valence-electron chi connectivity index (χ1n) is 4.78. The van der Waals surface area contributed by atoms with Crippen molar-refractivity contribution in [1.29, 1.82) is 0 Å². The van der Waals surface area contributed by atoms with Crippen molar-refractivity contribution in [1.82, 2.24) is 10.2 Å². The van der Waals surface area contributed by atoms with E-state index in [1.54, 1.807) is 4.90 Å². The van der Waals surface area contributed by atoms with Crippen LogP contribution in [0.4, 0.5) is 0 Å². The van der Waals surface area contributed by atoms with Crippen molar-refractivity contribution in [3.63, 3.8) is 0 Å². The molecule has 4 heteroatoms. The fraction of sp³-hybridized carbons (Fsp3) is 0.778. The topological polar surface area (TPSA) is 49.4 Å². The molecule has 72 valence electrons. The standard InChI is InChI=1S/C9H14N2O2/c1-6-5-11-7(9(13)10-6)3-2-4-8(11)12/h6-7H,2-5H2,1H3,(H,10,13)/t6-,7-/m1/s1. The van der Waals surface area contributed by atoms with Crippen LogP contribution in [0.25, 0.3) is 0 Å². The van der Waals surface area contributed by atoms with Crippen LogP contribution in [0, 0.1) is 0 Å². The lowest BCUT2D eigenvalue weighted by Crippen LogP contribution is -2.62. The van der Waals surface area contributed by atoms with Gasteiger partial charge in [-0.2, -0.15) is 0 Å². The monoisotopic (exact) mass is 182 g/mol. The molecule has 0 aromatic carbocycles. The van der Waals surface area contributed by atoms with Gasteiger partial charge < -0.3 is 10.2 Å². The third-order valence-corrected chi connectivity index (χ3v) is 2.73. The molecule has 1 N–H and O–H groups in total. The molecule has 0 aliphatic carbocycles. The minimum absolute atomic E-state index is 0.0202. The molecule has 0 aromatic heterocycles. The Morgan fingerprint density at radius 3 is 3.00 bits per heavy atom. The predicted molar refractivity (Wildman–Crippen MR) is 47.0 cm³/mol. The second-order valence-electron chi connectivity index (χ2n) is 3.86. The lowest BCUT2D eigenvalue weighted by Gasteiger charge is -2.40. The van der Waals surface area contributed by atoms with E-state index in [-0.39, 0.29) is 23.9 Å². The number of hydrogen-bond donors (Lipinski definition) is 1. The minimum atomic E-state index is -0.183. The molecule has 0 bridgehead atoms. The molecule has 2 amide bonds. The Balaban J connectivity index is 2.17. The molecule has 0 unspecified atom stereocenters. The van der Waals surface area contributed by atoms with Crippen LogP contribution in [0.5, 0.6) is 0 Å². The van der Waals surface area contributed by atoms with E-state index in [2.05, 4.69) is 5.32 Å². The third kappa shape index (κ3) is 1.41. The highest BCUT2D eigenvalue weighted by Gasteiger charge is 2.37. The maximum Gasteiger partial charge on any atom is 0.243 e. The van der Waals surface area contributed by atoms with Crippen molar-refractivity contribution in [3.05, 3.63) is 0 Å². The normalized spacial score (nSPS) is 34.1. The quantitative estimate of drug-likeness (QED) is 0.568. The molecule has 2 saturated heterocycles. The Morgan fingerprint density at radius 2 is 2.23 bits per heavy atom. The number of amides is 2. The van der Waals surface area contributed by atoms with Gasteiger partial charge in [0.25, 0.3) is 0 Å². The molecule has 2 fully saturated rings. The molecule has 2 rings (SSSR count). The Bertz CT molecular complexity index is 252. The maximum absolute atomic E-state index is 11.5. The number of nitrogens with one attached hydrogen (secondary N) is 1. The van der Waals surface area contributed by atoms with Crippen LogP contribution in [0.2, 0.25) is 0 Å². The Labute approximate surface area is 77.3 Å². The van der Waals surface area contributed by atoms with E-state index >= 15 is 0 Å². The van der Waals surface area contributed by atoms with E-state index in [9.17, 15) is 9.59 Å². The van der Waals surface area contributed by atoms with Crippen LogP contribution in [0.15, 0.2) is 0 Å². The van der Waals surface area contributed by atoms with Crippen molar-refractivity contribution in [2.45, 2.75) is 38.3 Å². The molecule has 0 saturated carbocycles. The smallest absolute Gasteiger partial charge is 0.243 e. The number of hydrogen-bond acceptors (Lipinski definition) is 2. The van der Waals surface area contributed by atoms with E-state index in [1.165, 1.54) is 0 Å². The Hall–Kier alpha value is -1.06. The first kappa shape index (κ1) is 8.53. The van der Waals surface area contributed by atoms with Gasteiger partial charge in [-0.25, -0.2) is 0 Å². The van der Waals surface area contributed by atoms with E-state index in [0.29, 0.717) is 13.0 Å². The van der Waals surface area contributed by atoms with Crippen molar-refractivity contribution < 1.29 is 9.59 Å². The fourth-order valence-electron chi connectivity index (χ4n) is 2.10. The second-order valence-corrected chi connectivity index (χ2v) is 3.86. The summed E-state index contributed by atoms with van der Waals surface area (Å²) in [6.07, 6.45) is 2.28. The van der Waals surface area contributed by atoms with Gasteiger partial charge in [0.1, 0.15) is 6.04 Å². The van der Waals surface area contributed by atoms with Crippen molar-refractivity contribution >= 4 is 11.8 Å². The van der Waals surface area contributed by atoms with Crippen molar-refractivity contribution in [3.8, 4) is 0 Å². The summed E-state index contributed by atoms with van der Waals surface area (Å²) in [7, 11) is 0. The largest absolute Gasteiger partial charge is 0.350 e. The summed E-state index contributed by atoms with van der Waals surface area (Å²) in [5, 5.41) is 2.87. The summed E-state index contributed by atoms with van der Waals surface area (Å²) in [6, 6.07) is -0.0803. The van der Waals surface area contributed by atoms with Gasteiger partial charge in [-0.1, -0.05) is 0 Å². The number of piperazine rings is 1. The molecular formula is C9H14N2O2. The number of carbonyl (C=O) groups is 2. The van der Waals surface area contributed by atoms with Gasteiger partial charge in [-0.05, 0) is 19.8 Å². The summed E-state index contributed by atoms with van der Waals surface area (Å²) in [5.41, 5.74) is 0. The first-order valence-corrected chi connectivity index (χ1v) is 4.78. The highest BCUT2D eigenvalue weighted by Crippen LogP contribution is 2.21. The van der Waals surface area contributed by atoms with Crippen LogP contribution in [-0.2, 0) is 9.59 Å². The van der Waals surface area contributed by atoms with Crippen LogP contribution >= 0.6 is 0 Å². The van der Waals surface area contributed by atoms with Gasteiger partial charge >= 0.3 is 0 Å². The molecule has 2 atom stereocenters. The molecule has 2 heterocycles. The van der Waals surface area contributed by atoms with Gasteiger partial charge in [0.05, 0.1) is 0 Å². The number of piperidine rings is 1. The molecule has 0 spiro atoms. The van der Waals surface area contributed by atoms with E-state index in [4.69, 9.17) is 0 Å². The Kier molecular flexibility index (Phi) is 1.98. The zero-order valence-corrected chi connectivity index (χ0v) is 7.75. The molecule has 4 nitrogen and oxygen atoms in total. The summed E-state index contributed by atoms with van der Waals surface area (Å²) < 4.78 is 0. The van der Waals surface area contributed by atoms with E-state index in [0.717, 1.165) is 12.8 Å². The van der Waals surface area contributed by atoms with Gasteiger partial charge in [0, 0.05) is 19.0 Å². The SMILES string of the molecule is C[C@@H]1CN2C(=O)CCC[C@@H]2C(=O)N1. The van der Waals surface area contributed by atoms with E-state index < -0.39 is 0 Å². The molecule has 2 aliphatic rings. The summed E-state index contributed by atoms with van der Waals surface area (Å²) >= 11 is 0. The fourth-order valence-corrected chi connectivity index (χ4v) is 2.10. The molecule has 0 radical (unpaired) electrons. The highest BCUT2D eigenvalue weighted by atomic mass is 16.2. The van der Waals surface area contributed by atoms with Crippen LogP contribution in [0.1, 0.15) is 26.2 Å². The summed E-state index contributed by atoms with van der Waals surface area (Å²) in [5.74, 6) is 0.157.